The summed E-state index contributed by atoms with van der Waals surface area (Å²) >= 11 is 0. The van der Waals surface area contributed by atoms with E-state index >= 15 is 0 Å². The van der Waals surface area contributed by atoms with E-state index in [2.05, 4.69) is 15.3 Å². The number of fused-ring (bicyclic) bond motifs is 1. The van der Waals surface area contributed by atoms with Gasteiger partial charge in [-0.2, -0.15) is 0 Å². The number of nitrogens with one attached hydrogen (secondary N) is 2. The number of amides is 1. The molecule has 6 nitrogen and oxygen atoms in total. The predicted molar refractivity (Wildman–Crippen MR) is 77.3 cm³/mol. The molecule has 21 heavy (non-hydrogen) atoms. The summed E-state index contributed by atoms with van der Waals surface area (Å²) in [6, 6.07) is 5.46. The van der Waals surface area contributed by atoms with Gasteiger partial charge >= 0.3 is 0 Å². The molecule has 0 bridgehead atoms. The summed E-state index contributed by atoms with van der Waals surface area (Å²) < 4.78 is 10.8. The second-order valence-electron chi connectivity index (χ2n) is 4.64. The molecule has 2 N–H and O–H groups in total. The van der Waals surface area contributed by atoms with E-state index in [0.717, 1.165) is 16.7 Å². The van der Waals surface area contributed by atoms with Crippen LogP contribution in [-0.4, -0.2) is 23.0 Å². The second kappa shape index (κ2) is 5.32. The number of hydrogen-bond acceptors (Lipinski definition) is 4. The van der Waals surface area contributed by atoms with E-state index in [-0.39, 0.29) is 5.91 Å². The minimum Gasteiger partial charge on any atom is -0.497 e. The lowest BCUT2D eigenvalue weighted by atomic mass is 10.1. The van der Waals surface area contributed by atoms with Crippen LogP contribution in [0.4, 0.5) is 0 Å². The van der Waals surface area contributed by atoms with Crippen LogP contribution in [0.15, 0.2) is 35.0 Å². The third-order valence-electron chi connectivity index (χ3n) is 3.32. The van der Waals surface area contributed by atoms with Crippen LogP contribution >= 0.6 is 0 Å². The molecule has 108 valence electrons. The lowest BCUT2D eigenvalue weighted by molar-refractivity contribution is 0.0923. The molecular weight excluding hydrogens is 270 g/mol. The van der Waals surface area contributed by atoms with Crippen molar-refractivity contribution in [2.45, 2.75) is 13.5 Å². The van der Waals surface area contributed by atoms with E-state index in [0.29, 0.717) is 23.7 Å². The van der Waals surface area contributed by atoms with Crippen molar-refractivity contribution in [3.05, 3.63) is 47.7 Å². The molecular formula is C15H15N3O3. The van der Waals surface area contributed by atoms with Crippen molar-refractivity contribution >= 4 is 16.9 Å². The van der Waals surface area contributed by atoms with Gasteiger partial charge in [-0.05, 0) is 25.1 Å². The first kappa shape index (κ1) is 13.2. The Hall–Kier alpha value is -2.76. The number of ether oxygens (including phenoxy) is 1. The van der Waals surface area contributed by atoms with Gasteiger partial charge in [0.2, 0.25) is 0 Å². The second-order valence-corrected chi connectivity index (χ2v) is 4.64. The summed E-state index contributed by atoms with van der Waals surface area (Å²) in [4.78, 5) is 19.2. The van der Waals surface area contributed by atoms with Crippen molar-refractivity contribution in [2.75, 3.05) is 7.11 Å². The number of benzene rings is 1. The zero-order valence-electron chi connectivity index (χ0n) is 11.8. The van der Waals surface area contributed by atoms with Gasteiger partial charge in [-0.15, -0.1) is 0 Å². The van der Waals surface area contributed by atoms with Crippen LogP contribution in [0.2, 0.25) is 0 Å². The van der Waals surface area contributed by atoms with Gasteiger partial charge in [-0.3, -0.25) is 4.79 Å². The highest BCUT2D eigenvalue weighted by molar-refractivity contribution is 5.99. The zero-order valence-corrected chi connectivity index (χ0v) is 11.8. The largest absolute Gasteiger partial charge is 0.497 e. The van der Waals surface area contributed by atoms with Gasteiger partial charge < -0.3 is 19.5 Å². The fraction of sp³-hybridized carbons (Fsp3) is 0.200. The summed E-state index contributed by atoms with van der Waals surface area (Å²) in [5.41, 5.74) is 1.46. The van der Waals surface area contributed by atoms with Crippen molar-refractivity contribution in [1.29, 1.82) is 0 Å². The van der Waals surface area contributed by atoms with Gasteiger partial charge in [0.05, 0.1) is 13.7 Å². The molecule has 0 aliphatic carbocycles. The monoisotopic (exact) mass is 285 g/mol. The lowest BCUT2D eigenvalue weighted by Crippen LogP contribution is -2.23. The van der Waals surface area contributed by atoms with E-state index in [1.54, 1.807) is 31.6 Å². The molecule has 1 amide bonds. The number of aromatic amines is 1. The zero-order chi connectivity index (χ0) is 14.8. The molecule has 0 radical (unpaired) electrons. The predicted octanol–water partition coefficient (Wildman–Crippen LogP) is 2.40. The summed E-state index contributed by atoms with van der Waals surface area (Å²) in [7, 11) is 1.60. The van der Waals surface area contributed by atoms with Crippen LogP contribution in [0.1, 0.15) is 21.9 Å². The van der Waals surface area contributed by atoms with Crippen molar-refractivity contribution in [3.63, 3.8) is 0 Å². The molecule has 0 saturated heterocycles. The number of methoxy groups -OCH3 is 1. The van der Waals surface area contributed by atoms with Crippen molar-refractivity contribution in [2.24, 2.45) is 0 Å². The molecule has 0 spiro atoms. The molecule has 3 rings (SSSR count). The van der Waals surface area contributed by atoms with Gasteiger partial charge in [-0.1, -0.05) is 0 Å². The topological polar surface area (TPSA) is 80.2 Å². The quantitative estimate of drug-likeness (QED) is 0.771. The number of rotatable bonds is 4. The van der Waals surface area contributed by atoms with Crippen LogP contribution in [0.3, 0.4) is 0 Å². The number of nitrogens with zero attached hydrogens (tertiary/aromatic N) is 1. The SMILES string of the molecule is COc1ccc2oc(C(=O)NCc3ncc[nH]3)c(C)c2c1. The molecule has 0 aliphatic heterocycles. The van der Waals surface area contributed by atoms with Gasteiger partial charge in [0.1, 0.15) is 17.2 Å². The molecule has 0 atom stereocenters. The minimum atomic E-state index is -0.265. The van der Waals surface area contributed by atoms with E-state index in [1.165, 1.54) is 0 Å². The first-order valence-electron chi connectivity index (χ1n) is 6.52. The van der Waals surface area contributed by atoms with Crippen LogP contribution in [0.25, 0.3) is 11.0 Å². The molecule has 0 fully saturated rings. The first-order chi connectivity index (χ1) is 10.2. The standard InChI is InChI=1S/C15H15N3O3/c1-9-11-7-10(20-2)3-4-12(11)21-14(9)15(19)18-8-13-16-5-6-17-13/h3-7H,8H2,1-2H3,(H,16,17)(H,18,19). The highest BCUT2D eigenvalue weighted by Crippen LogP contribution is 2.28. The average Bonchev–Trinajstić information content (AvgIpc) is 3.13. The number of aromatic nitrogens is 2. The van der Waals surface area contributed by atoms with Gasteiger partial charge in [0, 0.05) is 23.3 Å². The Morgan fingerprint density at radius 2 is 2.33 bits per heavy atom. The number of aryl methyl sites for hydroxylation is 1. The van der Waals surface area contributed by atoms with Gasteiger partial charge in [0.25, 0.3) is 5.91 Å². The Balaban J connectivity index is 1.85. The third-order valence-corrected chi connectivity index (χ3v) is 3.32. The molecule has 6 heteroatoms. The third kappa shape index (κ3) is 2.47. The Bertz CT molecular complexity index is 775. The summed E-state index contributed by atoms with van der Waals surface area (Å²) in [6.45, 7) is 2.18. The Labute approximate surface area is 121 Å². The first-order valence-corrected chi connectivity index (χ1v) is 6.52. The molecule has 0 aliphatic rings. The summed E-state index contributed by atoms with van der Waals surface area (Å²) in [6.07, 6.45) is 3.35. The van der Waals surface area contributed by atoms with E-state index in [4.69, 9.17) is 9.15 Å². The number of carbonyl (C=O) groups is 1. The Kier molecular flexibility index (Phi) is 3.35. The Morgan fingerprint density at radius 3 is 3.05 bits per heavy atom. The lowest BCUT2D eigenvalue weighted by Gasteiger charge is -2.01. The maximum absolute atomic E-state index is 12.2. The molecule has 3 aromatic rings. The molecule has 0 saturated carbocycles. The van der Waals surface area contributed by atoms with Crippen molar-refractivity contribution < 1.29 is 13.9 Å². The molecule has 2 aromatic heterocycles. The van der Waals surface area contributed by atoms with Gasteiger partial charge in [-0.25, -0.2) is 4.98 Å². The highest BCUT2D eigenvalue weighted by atomic mass is 16.5. The highest BCUT2D eigenvalue weighted by Gasteiger charge is 2.18. The normalized spacial score (nSPS) is 10.8. The van der Waals surface area contributed by atoms with Crippen LogP contribution in [-0.2, 0) is 6.54 Å². The van der Waals surface area contributed by atoms with Crippen LogP contribution < -0.4 is 10.1 Å². The summed E-state index contributed by atoms with van der Waals surface area (Å²) in [5, 5.41) is 3.65. The van der Waals surface area contributed by atoms with Crippen molar-refractivity contribution in [3.8, 4) is 5.75 Å². The number of carbonyl (C=O) groups excluding carboxylic acids is 1. The van der Waals surface area contributed by atoms with Crippen LogP contribution in [0.5, 0.6) is 5.75 Å². The van der Waals surface area contributed by atoms with E-state index in [9.17, 15) is 4.79 Å². The maximum atomic E-state index is 12.2. The smallest absolute Gasteiger partial charge is 0.287 e. The van der Waals surface area contributed by atoms with Crippen molar-refractivity contribution in [1.82, 2.24) is 15.3 Å². The minimum absolute atomic E-state index is 0.265. The van der Waals surface area contributed by atoms with E-state index < -0.39 is 0 Å². The number of imidazole rings is 1. The Morgan fingerprint density at radius 1 is 1.48 bits per heavy atom. The average molecular weight is 285 g/mol. The number of hydrogen-bond donors (Lipinski definition) is 2. The fourth-order valence-electron chi connectivity index (χ4n) is 2.18. The van der Waals surface area contributed by atoms with Crippen LogP contribution in [0, 0.1) is 6.92 Å². The maximum Gasteiger partial charge on any atom is 0.287 e. The van der Waals surface area contributed by atoms with Gasteiger partial charge in [0.15, 0.2) is 5.76 Å². The number of furan rings is 1. The number of H-pyrrole nitrogens is 1. The molecule has 1 aromatic carbocycles. The van der Waals surface area contributed by atoms with E-state index in [1.807, 2.05) is 13.0 Å². The molecule has 2 heterocycles. The fourth-order valence-corrected chi connectivity index (χ4v) is 2.18. The summed E-state index contributed by atoms with van der Waals surface area (Å²) in [5.74, 6) is 1.47. The molecule has 0 unspecified atom stereocenters.